The smallest absolute Gasteiger partial charge is 0.247 e. The molecule has 0 unspecified atom stereocenters. The Morgan fingerprint density at radius 2 is 1.79 bits per heavy atom. The number of hydrogen-bond donors (Lipinski definition) is 1. The Balaban J connectivity index is 1.67. The van der Waals surface area contributed by atoms with Crippen LogP contribution in [0.4, 0.5) is 0 Å². The van der Waals surface area contributed by atoms with Crippen molar-refractivity contribution in [1.29, 1.82) is 0 Å². The topological polar surface area (TPSA) is 80.1 Å². The molecule has 2 aromatic heterocycles. The molecule has 0 aliphatic rings. The van der Waals surface area contributed by atoms with Crippen LogP contribution in [0.15, 0.2) is 71.4 Å². The van der Waals surface area contributed by atoms with Gasteiger partial charge in [-0.05, 0) is 67.3 Å². The van der Waals surface area contributed by atoms with E-state index in [1.807, 2.05) is 92.2 Å². The standard InChI is InChI=1S/C26H29N5O2S/c1-26(2,3)27-25(33)24(20-14-16-34-18-20)30(15-13-19-9-5-4-6-10-19)23(32)17-31-22-12-8-7-11-21(22)28-29-31/h4-12,14,16,18,24H,13,15,17H2,1-3H3,(H,27,33)/t24-/m1/s1. The van der Waals surface area contributed by atoms with Gasteiger partial charge in [-0.15, -0.1) is 5.10 Å². The Labute approximate surface area is 203 Å². The van der Waals surface area contributed by atoms with Crippen molar-refractivity contribution >= 4 is 34.2 Å². The van der Waals surface area contributed by atoms with Gasteiger partial charge >= 0.3 is 0 Å². The largest absolute Gasteiger partial charge is 0.349 e. The molecule has 2 amide bonds. The first-order valence-corrected chi connectivity index (χ1v) is 12.2. The number of hydrogen-bond acceptors (Lipinski definition) is 5. The van der Waals surface area contributed by atoms with Crippen LogP contribution in [0, 0.1) is 0 Å². The number of benzene rings is 2. The van der Waals surface area contributed by atoms with E-state index >= 15 is 0 Å². The minimum absolute atomic E-state index is 0.00125. The predicted molar refractivity (Wildman–Crippen MR) is 134 cm³/mol. The molecule has 176 valence electrons. The fourth-order valence-corrected chi connectivity index (χ4v) is 4.57. The number of nitrogens with one attached hydrogen (secondary N) is 1. The highest BCUT2D eigenvalue weighted by Gasteiger charge is 2.33. The zero-order chi connectivity index (χ0) is 24.1. The summed E-state index contributed by atoms with van der Waals surface area (Å²) in [5.41, 5.74) is 2.99. The fraction of sp³-hybridized carbons (Fsp3) is 0.308. The Hall–Kier alpha value is -3.52. The molecule has 1 atom stereocenters. The molecule has 7 nitrogen and oxygen atoms in total. The molecule has 0 aliphatic heterocycles. The van der Waals surface area contributed by atoms with E-state index in [4.69, 9.17) is 0 Å². The fourth-order valence-electron chi connectivity index (χ4n) is 3.89. The lowest BCUT2D eigenvalue weighted by Crippen LogP contribution is -2.50. The zero-order valence-corrected chi connectivity index (χ0v) is 20.5. The number of aromatic nitrogens is 3. The first-order chi connectivity index (χ1) is 16.3. The lowest BCUT2D eigenvalue weighted by molar-refractivity contribution is -0.142. The quantitative estimate of drug-likeness (QED) is 0.414. The lowest BCUT2D eigenvalue weighted by atomic mass is 10.0. The zero-order valence-electron chi connectivity index (χ0n) is 19.6. The first kappa shape index (κ1) is 23.6. The van der Waals surface area contributed by atoms with Crippen LogP contribution in [-0.2, 0) is 22.6 Å². The summed E-state index contributed by atoms with van der Waals surface area (Å²) in [7, 11) is 0. The predicted octanol–water partition coefficient (Wildman–Crippen LogP) is 4.22. The Bertz CT molecular complexity index is 1250. The maximum Gasteiger partial charge on any atom is 0.247 e. The minimum Gasteiger partial charge on any atom is -0.349 e. The van der Waals surface area contributed by atoms with Gasteiger partial charge in [0.05, 0.1) is 5.52 Å². The second-order valence-corrected chi connectivity index (χ2v) is 10.0. The summed E-state index contributed by atoms with van der Waals surface area (Å²) >= 11 is 1.51. The van der Waals surface area contributed by atoms with Crippen LogP contribution >= 0.6 is 11.3 Å². The number of rotatable bonds is 8. The third-order valence-corrected chi connectivity index (χ3v) is 6.13. The van der Waals surface area contributed by atoms with Gasteiger partial charge in [0.2, 0.25) is 11.8 Å². The highest BCUT2D eigenvalue weighted by Crippen LogP contribution is 2.26. The number of carbonyl (C=O) groups excluding carboxylic acids is 2. The van der Waals surface area contributed by atoms with E-state index in [-0.39, 0.29) is 18.4 Å². The van der Waals surface area contributed by atoms with Gasteiger partial charge in [-0.1, -0.05) is 47.7 Å². The van der Waals surface area contributed by atoms with Crippen molar-refractivity contribution in [3.63, 3.8) is 0 Å². The Morgan fingerprint density at radius 3 is 2.50 bits per heavy atom. The van der Waals surface area contributed by atoms with Crippen molar-refractivity contribution in [3.8, 4) is 0 Å². The van der Waals surface area contributed by atoms with Gasteiger partial charge in [-0.2, -0.15) is 11.3 Å². The van der Waals surface area contributed by atoms with Crippen LogP contribution in [0.2, 0.25) is 0 Å². The van der Waals surface area contributed by atoms with Crippen LogP contribution in [-0.4, -0.2) is 43.8 Å². The van der Waals surface area contributed by atoms with Gasteiger partial charge in [0.15, 0.2) is 0 Å². The van der Waals surface area contributed by atoms with E-state index in [1.165, 1.54) is 11.3 Å². The number of carbonyl (C=O) groups is 2. The summed E-state index contributed by atoms with van der Waals surface area (Å²) in [4.78, 5) is 28.9. The average molecular weight is 476 g/mol. The van der Waals surface area contributed by atoms with Gasteiger partial charge < -0.3 is 10.2 Å². The maximum atomic E-state index is 13.7. The van der Waals surface area contributed by atoms with E-state index in [1.54, 1.807) is 9.58 Å². The van der Waals surface area contributed by atoms with E-state index < -0.39 is 11.6 Å². The molecule has 0 saturated carbocycles. The SMILES string of the molecule is CC(C)(C)NC(=O)[C@@H](c1ccsc1)N(CCc1ccccc1)C(=O)Cn1nnc2ccccc21. The molecule has 1 N–H and O–H groups in total. The van der Waals surface area contributed by atoms with Crippen molar-refractivity contribution in [2.75, 3.05) is 6.54 Å². The summed E-state index contributed by atoms with van der Waals surface area (Å²) in [5, 5.41) is 15.3. The van der Waals surface area contributed by atoms with Crippen molar-refractivity contribution in [1.82, 2.24) is 25.2 Å². The summed E-state index contributed by atoms with van der Waals surface area (Å²) in [6, 6.07) is 18.7. The van der Waals surface area contributed by atoms with Crippen LogP contribution < -0.4 is 5.32 Å². The van der Waals surface area contributed by atoms with Gasteiger partial charge in [0, 0.05) is 12.1 Å². The molecule has 8 heteroatoms. The highest BCUT2D eigenvalue weighted by atomic mass is 32.1. The second-order valence-electron chi connectivity index (χ2n) is 9.26. The molecule has 0 fully saturated rings. The monoisotopic (exact) mass is 475 g/mol. The Morgan fingerprint density at radius 1 is 1.06 bits per heavy atom. The van der Waals surface area contributed by atoms with Crippen molar-refractivity contribution in [2.24, 2.45) is 0 Å². The molecule has 34 heavy (non-hydrogen) atoms. The molecule has 0 aliphatic carbocycles. The first-order valence-electron chi connectivity index (χ1n) is 11.3. The molecule has 0 spiro atoms. The van der Waals surface area contributed by atoms with E-state index in [0.717, 1.165) is 22.2 Å². The van der Waals surface area contributed by atoms with Crippen LogP contribution in [0.5, 0.6) is 0 Å². The molecule has 2 heterocycles. The summed E-state index contributed by atoms with van der Waals surface area (Å²) in [6.07, 6.45) is 0.633. The maximum absolute atomic E-state index is 13.7. The van der Waals surface area contributed by atoms with Crippen LogP contribution in [0.3, 0.4) is 0 Å². The third kappa shape index (κ3) is 5.69. The van der Waals surface area contributed by atoms with Crippen molar-refractivity contribution < 1.29 is 9.59 Å². The number of nitrogens with zero attached hydrogens (tertiary/aromatic N) is 4. The normalized spacial score (nSPS) is 12.4. The van der Waals surface area contributed by atoms with Crippen LogP contribution in [0.25, 0.3) is 11.0 Å². The van der Waals surface area contributed by atoms with E-state index in [2.05, 4.69) is 15.6 Å². The van der Waals surface area contributed by atoms with Crippen LogP contribution in [0.1, 0.15) is 37.9 Å². The summed E-state index contributed by atoms with van der Waals surface area (Å²) < 4.78 is 1.60. The molecular formula is C26H29N5O2S. The van der Waals surface area contributed by atoms with Gasteiger partial charge in [0.25, 0.3) is 0 Å². The van der Waals surface area contributed by atoms with Crippen molar-refractivity contribution in [2.45, 2.75) is 45.3 Å². The summed E-state index contributed by atoms with van der Waals surface area (Å²) in [6.45, 7) is 6.21. The molecular weight excluding hydrogens is 446 g/mol. The molecule has 4 rings (SSSR count). The number of thiophene rings is 1. The second kappa shape index (κ2) is 10.2. The molecule has 0 bridgehead atoms. The summed E-state index contributed by atoms with van der Waals surface area (Å²) in [5.74, 6) is -0.386. The highest BCUT2D eigenvalue weighted by molar-refractivity contribution is 7.08. The van der Waals surface area contributed by atoms with E-state index in [0.29, 0.717) is 13.0 Å². The van der Waals surface area contributed by atoms with Crippen molar-refractivity contribution in [3.05, 3.63) is 82.6 Å². The Kier molecular flexibility index (Phi) is 7.07. The van der Waals surface area contributed by atoms with Gasteiger partial charge in [0.1, 0.15) is 18.1 Å². The molecule has 2 aromatic carbocycles. The van der Waals surface area contributed by atoms with E-state index in [9.17, 15) is 9.59 Å². The third-order valence-electron chi connectivity index (χ3n) is 5.43. The minimum atomic E-state index is -0.739. The van der Waals surface area contributed by atoms with Gasteiger partial charge in [-0.3, -0.25) is 9.59 Å². The van der Waals surface area contributed by atoms with Gasteiger partial charge in [-0.25, -0.2) is 4.68 Å². The lowest BCUT2D eigenvalue weighted by Gasteiger charge is -2.33. The molecule has 4 aromatic rings. The number of amides is 2. The molecule has 0 radical (unpaired) electrons. The number of para-hydroxylation sites is 1. The average Bonchev–Trinajstić information content (AvgIpc) is 3.46. The number of fused-ring (bicyclic) bond motifs is 1. The molecule has 0 saturated heterocycles.